The quantitative estimate of drug-likeness (QED) is 0.156. The Morgan fingerprint density at radius 1 is 1.00 bits per heavy atom. The Morgan fingerprint density at radius 3 is 1.93 bits per heavy atom. The van der Waals surface area contributed by atoms with E-state index in [0.29, 0.717) is 23.5 Å². The molecular formula is C16H21ClN6O4S2. The zero-order chi connectivity index (χ0) is 21.8. The molecule has 0 spiro atoms. The molecule has 0 aliphatic heterocycles. The van der Waals surface area contributed by atoms with Crippen LogP contribution in [0, 0.1) is 0 Å². The lowest BCUT2D eigenvalue weighted by Gasteiger charge is -2.07. The molecule has 2 aromatic heterocycles. The Kier molecular flexibility index (Phi) is 11.3. The van der Waals surface area contributed by atoms with Gasteiger partial charge in [-0.1, -0.05) is 35.1 Å². The highest BCUT2D eigenvalue weighted by Gasteiger charge is 2.15. The molecule has 0 bridgehead atoms. The minimum atomic E-state index is -0.495. The standard InChI is InChI=1S/C8H9ClN2O2S.C8H12N4O2S/c1-3-13-7(12)5-4-10-8(14-2)11-6(5)9;1-3-14-7(13)5-4-10-8(15-2)11-6(5)12-9/h4H,3H2,1-2H3;4H,3,9H2,1-2H3,(H,10,11,12). The van der Waals surface area contributed by atoms with Gasteiger partial charge in [-0.05, 0) is 26.4 Å². The van der Waals surface area contributed by atoms with E-state index in [-0.39, 0.29) is 22.1 Å². The topological polar surface area (TPSA) is 142 Å². The molecule has 0 aliphatic carbocycles. The van der Waals surface area contributed by atoms with E-state index in [9.17, 15) is 9.59 Å². The number of hydrogen-bond donors (Lipinski definition) is 2. The smallest absolute Gasteiger partial charge is 0.343 e. The van der Waals surface area contributed by atoms with Gasteiger partial charge in [0.1, 0.15) is 16.3 Å². The predicted octanol–water partition coefficient (Wildman–Crippen LogP) is 2.69. The van der Waals surface area contributed by atoms with E-state index < -0.39 is 11.9 Å². The maximum Gasteiger partial charge on any atom is 0.343 e. The van der Waals surface area contributed by atoms with Crippen LogP contribution in [0.15, 0.2) is 22.7 Å². The van der Waals surface area contributed by atoms with Gasteiger partial charge >= 0.3 is 11.9 Å². The van der Waals surface area contributed by atoms with Gasteiger partial charge in [0.25, 0.3) is 0 Å². The van der Waals surface area contributed by atoms with Crippen LogP contribution >= 0.6 is 35.1 Å². The van der Waals surface area contributed by atoms with Crippen molar-refractivity contribution in [3.05, 3.63) is 28.7 Å². The third-order valence-electron chi connectivity index (χ3n) is 2.98. The van der Waals surface area contributed by atoms with E-state index >= 15 is 0 Å². The number of ether oxygens (including phenoxy) is 2. The Bertz CT molecular complexity index is 843. The average Bonchev–Trinajstić information content (AvgIpc) is 2.73. The van der Waals surface area contributed by atoms with Crippen LogP contribution in [0.3, 0.4) is 0 Å². The fraction of sp³-hybridized carbons (Fsp3) is 0.375. The summed E-state index contributed by atoms with van der Waals surface area (Å²) in [4.78, 5) is 38.5. The van der Waals surface area contributed by atoms with Crippen molar-refractivity contribution in [3.8, 4) is 0 Å². The highest BCUT2D eigenvalue weighted by molar-refractivity contribution is 7.98. The Labute approximate surface area is 181 Å². The second kappa shape index (κ2) is 13.1. The van der Waals surface area contributed by atoms with Crippen LogP contribution < -0.4 is 11.3 Å². The van der Waals surface area contributed by atoms with Crippen LogP contribution in [0.4, 0.5) is 5.82 Å². The number of hydrazine groups is 1. The van der Waals surface area contributed by atoms with E-state index in [1.807, 2.05) is 12.5 Å². The molecule has 0 unspecified atom stereocenters. The van der Waals surface area contributed by atoms with Gasteiger partial charge in [-0.15, -0.1) is 0 Å². The van der Waals surface area contributed by atoms with Crippen molar-refractivity contribution in [1.82, 2.24) is 19.9 Å². The number of nitrogens with one attached hydrogen (secondary N) is 1. The van der Waals surface area contributed by atoms with Crippen molar-refractivity contribution in [3.63, 3.8) is 0 Å². The number of halogens is 1. The minimum Gasteiger partial charge on any atom is -0.462 e. The molecule has 0 fully saturated rings. The van der Waals surface area contributed by atoms with E-state index in [2.05, 4.69) is 25.4 Å². The summed E-state index contributed by atoms with van der Waals surface area (Å²) in [7, 11) is 0. The number of nitrogen functional groups attached to an aromatic ring is 1. The zero-order valence-corrected chi connectivity index (χ0v) is 18.7. The molecule has 0 amide bonds. The Hall–Kier alpha value is -2.15. The van der Waals surface area contributed by atoms with Crippen molar-refractivity contribution in [2.75, 3.05) is 31.2 Å². The summed E-state index contributed by atoms with van der Waals surface area (Å²) in [6.07, 6.45) is 6.43. The number of anilines is 1. The van der Waals surface area contributed by atoms with Crippen LogP contribution in [0.2, 0.25) is 5.15 Å². The number of carbonyl (C=O) groups excluding carboxylic acids is 2. The number of rotatable bonds is 7. The molecule has 0 saturated carbocycles. The van der Waals surface area contributed by atoms with Crippen molar-refractivity contribution in [2.24, 2.45) is 5.84 Å². The van der Waals surface area contributed by atoms with Crippen LogP contribution in [0.25, 0.3) is 0 Å². The molecule has 0 aliphatic rings. The largest absolute Gasteiger partial charge is 0.462 e. The number of thioether (sulfide) groups is 2. The first-order chi connectivity index (χ1) is 13.9. The molecule has 2 aromatic rings. The molecule has 0 radical (unpaired) electrons. The molecule has 2 rings (SSSR count). The summed E-state index contributed by atoms with van der Waals surface area (Å²) in [6.45, 7) is 4.06. The minimum absolute atomic E-state index is 0.128. The number of nitrogens with zero attached hydrogens (tertiary/aromatic N) is 4. The van der Waals surface area contributed by atoms with Gasteiger partial charge < -0.3 is 14.9 Å². The monoisotopic (exact) mass is 460 g/mol. The maximum absolute atomic E-state index is 11.4. The van der Waals surface area contributed by atoms with Crippen LogP contribution in [0.1, 0.15) is 34.6 Å². The molecule has 0 aromatic carbocycles. The number of hydrogen-bond acceptors (Lipinski definition) is 12. The molecule has 158 valence electrons. The Balaban J connectivity index is 0.000000291. The first kappa shape index (κ1) is 24.9. The lowest BCUT2D eigenvalue weighted by atomic mass is 10.3. The summed E-state index contributed by atoms with van der Waals surface area (Å²) in [5.41, 5.74) is 2.78. The number of nitrogens with two attached hydrogens (primary N) is 1. The van der Waals surface area contributed by atoms with E-state index in [4.69, 9.17) is 26.9 Å². The first-order valence-electron chi connectivity index (χ1n) is 8.20. The summed E-state index contributed by atoms with van der Waals surface area (Å²) in [5.74, 6) is 4.54. The fourth-order valence-corrected chi connectivity index (χ4v) is 2.66. The lowest BCUT2D eigenvalue weighted by molar-refractivity contribution is 0.0516. The van der Waals surface area contributed by atoms with Crippen LogP contribution in [0.5, 0.6) is 0 Å². The summed E-state index contributed by atoms with van der Waals surface area (Å²) in [5, 5.41) is 1.20. The molecule has 0 atom stereocenters. The molecule has 10 nitrogen and oxygen atoms in total. The molecule has 13 heteroatoms. The van der Waals surface area contributed by atoms with Gasteiger partial charge in [-0.2, -0.15) is 0 Å². The van der Waals surface area contributed by atoms with Gasteiger partial charge in [-0.3, -0.25) is 0 Å². The summed E-state index contributed by atoms with van der Waals surface area (Å²) < 4.78 is 9.59. The van der Waals surface area contributed by atoms with Crippen molar-refractivity contribution in [2.45, 2.75) is 24.2 Å². The average molecular weight is 461 g/mol. The van der Waals surface area contributed by atoms with Crippen molar-refractivity contribution in [1.29, 1.82) is 0 Å². The predicted molar refractivity (Wildman–Crippen MR) is 112 cm³/mol. The molecule has 2 heterocycles. The third-order valence-corrected chi connectivity index (χ3v) is 4.39. The lowest BCUT2D eigenvalue weighted by Crippen LogP contribution is -2.16. The van der Waals surface area contributed by atoms with Gasteiger partial charge in [0.2, 0.25) is 0 Å². The van der Waals surface area contributed by atoms with E-state index in [1.54, 1.807) is 13.8 Å². The van der Waals surface area contributed by atoms with Crippen molar-refractivity contribution < 1.29 is 19.1 Å². The normalized spacial score (nSPS) is 9.86. The van der Waals surface area contributed by atoms with Gasteiger partial charge in [0.05, 0.1) is 13.2 Å². The maximum atomic E-state index is 11.4. The molecule has 0 saturated heterocycles. The number of esters is 2. The molecule has 3 N–H and O–H groups in total. The highest BCUT2D eigenvalue weighted by Crippen LogP contribution is 2.17. The van der Waals surface area contributed by atoms with Gasteiger partial charge in [0, 0.05) is 12.4 Å². The van der Waals surface area contributed by atoms with Gasteiger partial charge in [-0.25, -0.2) is 35.4 Å². The molecular weight excluding hydrogens is 440 g/mol. The van der Waals surface area contributed by atoms with E-state index in [0.717, 1.165) is 0 Å². The zero-order valence-electron chi connectivity index (χ0n) is 16.3. The second-order valence-electron chi connectivity index (χ2n) is 4.77. The van der Waals surface area contributed by atoms with Crippen LogP contribution in [-0.4, -0.2) is 57.6 Å². The van der Waals surface area contributed by atoms with E-state index in [1.165, 1.54) is 35.9 Å². The van der Waals surface area contributed by atoms with Crippen LogP contribution in [-0.2, 0) is 9.47 Å². The molecule has 29 heavy (non-hydrogen) atoms. The van der Waals surface area contributed by atoms with Crippen molar-refractivity contribution >= 4 is 52.9 Å². The Morgan fingerprint density at radius 2 is 1.48 bits per heavy atom. The van der Waals surface area contributed by atoms with Gasteiger partial charge in [0.15, 0.2) is 16.1 Å². The highest BCUT2D eigenvalue weighted by atomic mass is 35.5. The number of carbonyl (C=O) groups is 2. The SMILES string of the molecule is CCOC(=O)c1cnc(SC)nc1Cl.CCOC(=O)c1cnc(SC)nc1NN. The third kappa shape index (κ3) is 7.65. The summed E-state index contributed by atoms with van der Waals surface area (Å²) in [6, 6.07) is 0. The number of aromatic nitrogens is 4. The first-order valence-corrected chi connectivity index (χ1v) is 11.0. The summed E-state index contributed by atoms with van der Waals surface area (Å²) >= 11 is 8.49. The fourth-order valence-electron chi connectivity index (χ4n) is 1.72. The second-order valence-corrected chi connectivity index (χ2v) is 6.67.